The van der Waals surface area contributed by atoms with Gasteiger partial charge in [-0.1, -0.05) is 0 Å². The molecule has 0 aliphatic heterocycles. The van der Waals surface area contributed by atoms with Crippen LogP contribution in [-0.2, 0) is 20.7 Å². The second-order valence-corrected chi connectivity index (χ2v) is 5.82. The van der Waals surface area contributed by atoms with E-state index in [4.69, 9.17) is 24.1 Å². The predicted molar refractivity (Wildman–Crippen MR) is 90.5 cm³/mol. The molecule has 2 N–H and O–H groups in total. The molecule has 1 rings (SSSR count). The van der Waals surface area contributed by atoms with Gasteiger partial charge in [-0.05, 0) is 24.6 Å². The summed E-state index contributed by atoms with van der Waals surface area (Å²) in [6, 6.07) is 3.34. The summed E-state index contributed by atoms with van der Waals surface area (Å²) < 4.78 is 20.8. The predicted octanol–water partition coefficient (Wildman–Crippen LogP) is 1.25. The van der Waals surface area contributed by atoms with E-state index in [0.29, 0.717) is 22.8 Å². The Kier molecular flexibility index (Phi) is 7.50. The molecule has 0 aliphatic rings. The number of aliphatic carboxylic acids is 1. The van der Waals surface area contributed by atoms with Gasteiger partial charge in [0.2, 0.25) is 11.7 Å². The Balaban J connectivity index is 2.97. The van der Waals surface area contributed by atoms with Crippen LogP contribution in [0.3, 0.4) is 0 Å². The largest absolute Gasteiger partial charge is 0.493 e. The Morgan fingerprint density at radius 3 is 2.04 bits per heavy atom. The number of benzene rings is 1. The maximum Gasteiger partial charge on any atom is 0.305 e. The first-order valence-corrected chi connectivity index (χ1v) is 7.59. The van der Waals surface area contributed by atoms with Crippen LogP contribution >= 0.6 is 0 Å². The number of amides is 1. The summed E-state index contributed by atoms with van der Waals surface area (Å²) in [4.78, 5) is 23.4. The van der Waals surface area contributed by atoms with Crippen LogP contribution in [0.1, 0.15) is 18.9 Å². The molecule has 1 unspecified atom stereocenters. The molecule has 1 aromatic rings. The molecule has 0 aromatic heterocycles. The lowest BCUT2D eigenvalue weighted by molar-refractivity contribution is -0.139. The summed E-state index contributed by atoms with van der Waals surface area (Å²) in [6.45, 7) is 1.71. The average Bonchev–Trinajstić information content (AvgIpc) is 2.52. The fourth-order valence-corrected chi connectivity index (χ4v) is 2.59. The highest BCUT2D eigenvalue weighted by Crippen LogP contribution is 2.38. The first-order chi connectivity index (χ1) is 11.8. The topological polar surface area (TPSA) is 103 Å². The van der Waals surface area contributed by atoms with Gasteiger partial charge in [-0.3, -0.25) is 9.59 Å². The van der Waals surface area contributed by atoms with E-state index in [9.17, 15) is 9.59 Å². The molecule has 8 heteroatoms. The van der Waals surface area contributed by atoms with Gasteiger partial charge in [0.05, 0.1) is 46.3 Å². The summed E-state index contributed by atoms with van der Waals surface area (Å²) in [5.41, 5.74) is -0.361. The molecule has 1 atom stereocenters. The second kappa shape index (κ2) is 9.12. The molecule has 0 saturated carbocycles. The Morgan fingerprint density at radius 2 is 1.64 bits per heavy atom. The van der Waals surface area contributed by atoms with E-state index < -0.39 is 11.5 Å². The van der Waals surface area contributed by atoms with Crippen molar-refractivity contribution in [2.45, 2.75) is 25.3 Å². The molecule has 0 saturated heterocycles. The lowest BCUT2D eigenvalue weighted by Crippen LogP contribution is -2.51. The fraction of sp³-hybridized carbons (Fsp3) is 0.529. The van der Waals surface area contributed by atoms with Gasteiger partial charge in [-0.2, -0.15) is 0 Å². The second-order valence-electron chi connectivity index (χ2n) is 5.82. The van der Waals surface area contributed by atoms with Crippen molar-refractivity contribution in [3.63, 3.8) is 0 Å². The number of carbonyl (C=O) groups is 2. The number of carbonyl (C=O) groups excluding carboxylic acids is 1. The van der Waals surface area contributed by atoms with Crippen LogP contribution in [0.4, 0.5) is 0 Å². The van der Waals surface area contributed by atoms with E-state index >= 15 is 0 Å². The number of carboxylic acids is 1. The number of hydrogen-bond acceptors (Lipinski definition) is 6. The Labute approximate surface area is 147 Å². The standard InChI is InChI=1S/C17H25NO7/c1-17(10-22-2,9-15(20)21)18-14(19)8-11-6-12(23-3)16(25-5)13(7-11)24-4/h6-7H,8-10H2,1-5H3,(H,18,19)(H,20,21). The summed E-state index contributed by atoms with van der Waals surface area (Å²) in [6.07, 6.45) is -0.225. The maximum atomic E-state index is 12.4. The average molecular weight is 355 g/mol. The minimum atomic E-state index is -1.02. The van der Waals surface area contributed by atoms with Crippen molar-refractivity contribution >= 4 is 11.9 Å². The maximum absolute atomic E-state index is 12.4. The molecule has 25 heavy (non-hydrogen) atoms. The smallest absolute Gasteiger partial charge is 0.305 e. The van der Waals surface area contributed by atoms with Gasteiger partial charge >= 0.3 is 5.97 Å². The molecule has 1 aromatic carbocycles. The van der Waals surface area contributed by atoms with E-state index in [1.807, 2.05) is 0 Å². The number of methoxy groups -OCH3 is 4. The first-order valence-electron chi connectivity index (χ1n) is 7.59. The van der Waals surface area contributed by atoms with E-state index in [1.165, 1.54) is 28.4 Å². The highest BCUT2D eigenvalue weighted by molar-refractivity contribution is 5.81. The van der Waals surface area contributed by atoms with Crippen LogP contribution in [0.25, 0.3) is 0 Å². The van der Waals surface area contributed by atoms with Gasteiger partial charge in [0.1, 0.15) is 0 Å². The fourth-order valence-electron chi connectivity index (χ4n) is 2.59. The monoisotopic (exact) mass is 355 g/mol. The summed E-state index contributed by atoms with van der Waals surface area (Å²) in [5.74, 6) is -0.0448. The minimum Gasteiger partial charge on any atom is -0.493 e. The lowest BCUT2D eigenvalue weighted by Gasteiger charge is -2.28. The van der Waals surface area contributed by atoms with E-state index in [1.54, 1.807) is 19.1 Å². The van der Waals surface area contributed by atoms with E-state index in [2.05, 4.69) is 5.32 Å². The first kappa shape index (κ1) is 20.6. The highest BCUT2D eigenvalue weighted by atomic mass is 16.5. The molecule has 0 aliphatic carbocycles. The van der Waals surface area contributed by atoms with Gasteiger partial charge in [0.15, 0.2) is 11.5 Å². The molecule has 0 heterocycles. The quantitative estimate of drug-likeness (QED) is 0.651. The zero-order valence-electron chi connectivity index (χ0n) is 15.2. The third-order valence-electron chi connectivity index (χ3n) is 3.53. The number of carboxylic acid groups (broad SMARTS) is 1. The van der Waals surface area contributed by atoms with Crippen LogP contribution < -0.4 is 19.5 Å². The SMILES string of the molecule is COCC(C)(CC(=O)O)NC(=O)Cc1cc(OC)c(OC)c(OC)c1. The zero-order valence-corrected chi connectivity index (χ0v) is 15.2. The number of nitrogens with one attached hydrogen (secondary N) is 1. The summed E-state index contributed by atoms with van der Waals surface area (Å²) >= 11 is 0. The van der Waals surface area contributed by atoms with Crippen molar-refractivity contribution in [1.29, 1.82) is 0 Å². The third kappa shape index (κ3) is 5.82. The normalized spacial score (nSPS) is 12.8. The van der Waals surface area contributed by atoms with Crippen LogP contribution in [0.5, 0.6) is 17.2 Å². The summed E-state index contributed by atoms with van der Waals surface area (Å²) in [7, 11) is 5.92. The summed E-state index contributed by atoms with van der Waals surface area (Å²) in [5, 5.41) is 11.7. The van der Waals surface area contributed by atoms with Gasteiger partial charge < -0.3 is 29.4 Å². The van der Waals surface area contributed by atoms with Crippen molar-refractivity contribution < 1.29 is 33.6 Å². The van der Waals surface area contributed by atoms with Crippen LogP contribution in [0.15, 0.2) is 12.1 Å². The van der Waals surface area contributed by atoms with Crippen molar-refractivity contribution in [2.24, 2.45) is 0 Å². The lowest BCUT2D eigenvalue weighted by atomic mass is 9.98. The number of rotatable bonds is 10. The molecule has 0 radical (unpaired) electrons. The van der Waals surface area contributed by atoms with Gasteiger partial charge in [0.25, 0.3) is 0 Å². The molecular formula is C17H25NO7. The molecule has 140 valence electrons. The molecule has 0 fully saturated rings. The van der Waals surface area contributed by atoms with Crippen LogP contribution in [0.2, 0.25) is 0 Å². The zero-order chi connectivity index (χ0) is 19.0. The van der Waals surface area contributed by atoms with Crippen molar-refractivity contribution in [3.05, 3.63) is 17.7 Å². The molecule has 0 spiro atoms. The molecule has 8 nitrogen and oxygen atoms in total. The van der Waals surface area contributed by atoms with E-state index in [0.717, 1.165) is 0 Å². The van der Waals surface area contributed by atoms with Crippen molar-refractivity contribution in [3.8, 4) is 17.2 Å². The van der Waals surface area contributed by atoms with Gasteiger partial charge in [-0.25, -0.2) is 0 Å². The Hall–Kier alpha value is -2.48. The third-order valence-corrected chi connectivity index (χ3v) is 3.53. The van der Waals surface area contributed by atoms with Gasteiger partial charge in [0, 0.05) is 7.11 Å². The highest BCUT2D eigenvalue weighted by Gasteiger charge is 2.29. The Bertz CT molecular complexity index is 592. The Morgan fingerprint density at radius 1 is 1.08 bits per heavy atom. The minimum absolute atomic E-state index is 0.0235. The molecular weight excluding hydrogens is 330 g/mol. The van der Waals surface area contributed by atoms with Crippen LogP contribution in [-0.4, -0.2) is 57.6 Å². The number of ether oxygens (including phenoxy) is 4. The molecule has 0 bridgehead atoms. The molecule has 1 amide bonds. The van der Waals surface area contributed by atoms with Crippen LogP contribution in [0, 0.1) is 0 Å². The van der Waals surface area contributed by atoms with Gasteiger partial charge in [-0.15, -0.1) is 0 Å². The number of hydrogen-bond donors (Lipinski definition) is 2. The van der Waals surface area contributed by atoms with Crippen molar-refractivity contribution in [2.75, 3.05) is 35.0 Å². The van der Waals surface area contributed by atoms with Crippen molar-refractivity contribution in [1.82, 2.24) is 5.32 Å². The van der Waals surface area contributed by atoms with E-state index in [-0.39, 0.29) is 25.4 Å².